The number of hydrogen-bond donors (Lipinski definition) is 3. The van der Waals surface area contributed by atoms with Gasteiger partial charge in [-0.3, -0.25) is 0 Å². The van der Waals surface area contributed by atoms with Crippen LogP contribution in [0.1, 0.15) is 34.1 Å². The minimum absolute atomic E-state index is 0.0691. The summed E-state index contributed by atoms with van der Waals surface area (Å²) in [4.78, 5) is 24.2. The number of aliphatic hydroxyl groups is 1. The molecule has 1 fully saturated rings. The van der Waals surface area contributed by atoms with E-state index in [4.69, 9.17) is 5.11 Å². The third kappa shape index (κ3) is 3.35. The number of aliphatic carboxylic acids is 1. The fraction of sp³-hybridized carbons (Fsp3) is 0.833. The van der Waals surface area contributed by atoms with Gasteiger partial charge in [0.25, 0.3) is 0 Å². The molecule has 0 aromatic carbocycles. The maximum atomic E-state index is 12.0. The van der Waals surface area contributed by atoms with Gasteiger partial charge in [-0.25, -0.2) is 9.59 Å². The molecule has 0 aromatic rings. The number of urea groups is 1. The van der Waals surface area contributed by atoms with Gasteiger partial charge in [-0.05, 0) is 12.3 Å². The van der Waals surface area contributed by atoms with Gasteiger partial charge in [0.1, 0.15) is 6.04 Å². The summed E-state index contributed by atoms with van der Waals surface area (Å²) in [7, 11) is 0. The van der Waals surface area contributed by atoms with Crippen LogP contribution in [0.3, 0.4) is 0 Å². The molecule has 0 saturated carbocycles. The van der Waals surface area contributed by atoms with Crippen LogP contribution in [-0.2, 0) is 4.79 Å². The number of likely N-dealkylation sites (tertiary alicyclic amines) is 1. The van der Waals surface area contributed by atoms with Gasteiger partial charge in [-0.1, -0.05) is 20.8 Å². The number of amides is 2. The summed E-state index contributed by atoms with van der Waals surface area (Å²) in [5.74, 6) is -1.08. The Morgan fingerprint density at radius 3 is 2.39 bits per heavy atom. The summed E-state index contributed by atoms with van der Waals surface area (Å²) in [5.41, 5.74) is -0.104. The second-order valence-corrected chi connectivity index (χ2v) is 5.93. The maximum absolute atomic E-state index is 12.0. The number of aliphatic hydroxyl groups excluding tert-OH is 1. The average molecular weight is 258 g/mol. The molecule has 3 N–H and O–H groups in total. The van der Waals surface area contributed by atoms with E-state index >= 15 is 0 Å². The van der Waals surface area contributed by atoms with Gasteiger partial charge in [-0.2, -0.15) is 0 Å². The predicted octanol–water partition coefficient (Wildman–Crippen LogP) is 0.650. The lowest BCUT2D eigenvalue weighted by atomic mass is 9.88. The number of carboxylic acids is 1. The Balaban J connectivity index is 2.69. The normalized spacial score (nSPS) is 25.9. The third-order valence-corrected chi connectivity index (χ3v) is 3.46. The van der Waals surface area contributed by atoms with Crippen LogP contribution < -0.4 is 5.32 Å². The van der Waals surface area contributed by atoms with Crippen LogP contribution in [0.15, 0.2) is 0 Å². The van der Waals surface area contributed by atoms with Crippen LogP contribution in [0.5, 0.6) is 0 Å². The highest BCUT2D eigenvalue weighted by atomic mass is 16.4. The number of hydrogen-bond acceptors (Lipinski definition) is 3. The number of rotatable bonds is 2. The summed E-state index contributed by atoms with van der Waals surface area (Å²) >= 11 is 0. The van der Waals surface area contributed by atoms with Crippen molar-refractivity contribution in [2.24, 2.45) is 5.41 Å². The largest absolute Gasteiger partial charge is 0.480 e. The zero-order chi connectivity index (χ0) is 14.1. The zero-order valence-corrected chi connectivity index (χ0v) is 11.3. The van der Waals surface area contributed by atoms with Crippen LogP contribution in [-0.4, -0.2) is 51.8 Å². The van der Waals surface area contributed by atoms with E-state index in [0.29, 0.717) is 0 Å². The Bertz CT molecular complexity index is 337. The van der Waals surface area contributed by atoms with E-state index in [1.807, 2.05) is 27.7 Å². The first kappa shape index (κ1) is 14.8. The van der Waals surface area contributed by atoms with Crippen molar-refractivity contribution < 1.29 is 19.8 Å². The molecular formula is C12H22N2O4. The smallest absolute Gasteiger partial charge is 0.326 e. The van der Waals surface area contributed by atoms with Crippen molar-refractivity contribution in [1.29, 1.82) is 0 Å². The third-order valence-electron chi connectivity index (χ3n) is 3.46. The standard InChI is InChI=1S/C12H22N2O4/c1-7(12(2,3)4)13-11(18)14-6-8(15)5-9(14)10(16)17/h7-9,15H,5-6H2,1-4H3,(H,13,18)(H,16,17)/t7?,8-,9-/m1/s1. The summed E-state index contributed by atoms with van der Waals surface area (Å²) < 4.78 is 0. The lowest BCUT2D eigenvalue weighted by molar-refractivity contribution is -0.141. The number of nitrogens with one attached hydrogen (secondary N) is 1. The minimum Gasteiger partial charge on any atom is -0.480 e. The first-order chi connectivity index (χ1) is 8.12. The fourth-order valence-corrected chi connectivity index (χ4v) is 1.76. The van der Waals surface area contributed by atoms with Gasteiger partial charge in [0.2, 0.25) is 0 Å². The van der Waals surface area contributed by atoms with E-state index in [-0.39, 0.29) is 24.4 Å². The molecule has 1 saturated heterocycles. The van der Waals surface area contributed by atoms with Gasteiger partial charge < -0.3 is 20.4 Å². The summed E-state index contributed by atoms with van der Waals surface area (Å²) in [6.45, 7) is 7.92. The van der Waals surface area contributed by atoms with E-state index in [1.54, 1.807) is 0 Å². The first-order valence-electron chi connectivity index (χ1n) is 6.11. The highest BCUT2D eigenvalue weighted by molar-refractivity contribution is 5.83. The molecule has 1 heterocycles. The lowest BCUT2D eigenvalue weighted by Gasteiger charge is -2.31. The van der Waals surface area contributed by atoms with Crippen molar-refractivity contribution >= 4 is 12.0 Å². The molecule has 0 bridgehead atoms. The van der Waals surface area contributed by atoms with Crippen molar-refractivity contribution in [1.82, 2.24) is 10.2 Å². The van der Waals surface area contributed by atoms with Crippen LogP contribution in [0, 0.1) is 5.41 Å². The molecule has 18 heavy (non-hydrogen) atoms. The van der Waals surface area contributed by atoms with Crippen molar-refractivity contribution in [2.75, 3.05) is 6.54 Å². The lowest BCUT2D eigenvalue weighted by Crippen LogP contribution is -2.51. The molecule has 0 aromatic heterocycles. The van der Waals surface area contributed by atoms with E-state index in [0.717, 1.165) is 0 Å². The Hall–Kier alpha value is -1.30. The Kier molecular flexibility index (Phi) is 4.21. The van der Waals surface area contributed by atoms with Gasteiger partial charge in [-0.15, -0.1) is 0 Å². The Labute approximate surface area is 107 Å². The van der Waals surface area contributed by atoms with Gasteiger partial charge in [0.05, 0.1) is 6.10 Å². The van der Waals surface area contributed by atoms with Crippen LogP contribution in [0.4, 0.5) is 4.79 Å². The minimum atomic E-state index is -1.08. The second kappa shape index (κ2) is 5.14. The molecular weight excluding hydrogens is 236 g/mol. The second-order valence-electron chi connectivity index (χ2n) is 5.93. The quantitative estimate of drug-likeness (QED) is 0.678. The molecule has 1 unspecified atom stereocenters. The summed E-state index contributed by atoms with van der Waals surface area (Å²) in [6.07, 6.45) is -0.672. The van der Waals surface area contributed by atoms with Gasteiger partial charge in [0.15, 0.2) is 0 Å². The molecule has 104 valence electrons. The average Bonchev–Trinajstić information content (AvgIpc) is 2.58. The topological polar surface area (TPSA) is 89.9 Å². The Morgan fingerprint density at radius 1 is 1.39 bits per heavy atom. The molecule has 0 aliphatic carbocycles. The Morgan fingerprint density at radius 2 is 1.94 bits per heavy atom. The molecule has 1 aliphatic rings. The van der Waals surface area contributed by atoms with Crippen molar-refractivity contribution in [3.05, 3.63) is 0 Å². The molecule has 2 amide bonds. The monoisotopic (exact) mass is 258 g/mol. The maximum Gasteiger partial charge on any atom is 0.326 e. The number of carbonyl (C=O) groups is 2. The van der Waals surface area contributed by atoms with Gasteiger partial charge >= 0.3 is 12.0 Å². The molecule has 6 nitrogen and oxygen atoms in total. The summed E-state index contributed by atoms with van der Waals surface area (Å²) in [6, 6.07) is -1.45. The fourth-order valence-electron chi connectivity index (χ4n) is 1.76. The van der Waals surface area contributed by atoms with E-state index in [1.165, 1.54) is 4.90 Å². The summed E-state index contributed by atoms with van der Waals surface area (Å²) in [5, 5.41) is 21.3. The van der Waals surface area contributed by atoms with Gasteiger partial charge in [0, 0.05) is 19.0 Å². The molecule has 0 radical (unpaired) electrons. The highest BCUT2D eigenvalue weighted by Gasteiger charge is 2.39. The van der Waals surface area contributed by atoms with E-state index < -0.39 is 24.1 Å². The first-order valence-corrected chi connectivity index (χ1v) is 6.11. The molecule has 1 rings (SSSR count). The van der Waals surface area contributed by atoms with Crippen molar-refractivity contribution in [3.63, 3.8) is 0 Å². The zero-order valence-electron chi connectivity index (χ0n) is 11.3. The van der Waals surface area contributed by atoms with Crippen LogP contribution >= 0.6 is 0 Å². The number of nitrogens with zero attached hydrogens (tertiary/aromatic N) is 1. The molecule has 3 atom stereocenters. The number of carboxylic acid groups (broad SMARTS) is 1. The predicted molar refractivity (Wildman–Crippen MR) is 66.2 cm³/mol. The van der Waals surface area contributed by atoms with E-state index in [2.05, 4.69) is 5.32 Å². The van der Waals surface area contributed by atoms with Crippen molar-refractivity contribution in [3.8, 4) is 0 Å². The highest BCUT2D eigenvalue weighted by Crippen LogP contribution is 2.21. The SMILES string of the molecule is CC(NC(=O)N1C[C@H](O)C[C@@H]1C(=O)O)C(C)(C)C. The van der Waals surface area contributed by atoms with Crippen LogP contribution in [0.25, 0.3) is 0 Å². The van der Waals surface area contributed by atoms with E-state index in [9.17, 15) is 14.7 Å². The molecule has 1 aliphatic heterocycles. The van der Waals surface area contributed by atoms with Crippen molar-refractivity contribution in [2.45, 2.75) is 52.3 Å². The number of carbonyl (C=O) groups excluding carboxylic acids is 1. The molecule has 6 heteroatoms. The van der Waals surface area contributed by atoms with Crippen LogP contribution in [0.2, 0.25) is 0 Å². The number of β-amino-alcohol motifs (C(OH)–C–C–N with tert-alkyl or cyclic N) is 1. The molecule has 0 spiro atoms.